The summed E-state index contributed by atoms with van der Waals surface area (Å²) in [6, 6.07) is 13.4. The van der Waals surface area contributed by atoms with E-state index in [1.165, 1.54) is 65.5 Å². The van der Waals surface area contributed by atoms with Crippen LogP contribution in [-0.2, 0) is 12.8 Å². The van der Waals surface area contributed by atoms with E-state index >= 15 is 0 Å². The first-order valence-corrected chi connectivity index (χ1v) is 8.20. The molecule has 0 saturated carbocycles. The molecule has 0 heteroatoms. The number of benzene rings is 2. The van der Waals surface area contributed by atoms with E-state index in [-0.39, 0.29) is 0 Å². The molecule has 0 aliphatic rings. The van der Waals surface area contributed by atoms with E-state index in [0.717, 1.165) is 0 Å². The molecule has 0 atom stereocenters. The molecule has 0 aliphatic heterocycles. The van der Waals surface area contributed by atoms with Crippen LogP contribution in [0.15, 0.2) is 36.4 Å². The van der Waals surface area contributed by atoms with Crippen LogP contribution in [0.2, 0.25) is 0 Å². The Kier molecular flexibility index (Phi) is 5.61. The molecule has 0 radical (unpaired) electrons. The molecule has 0 saturated heterocycles. The Bertz CT molecular complexity index is 539. The second-order valence-corrected chi connectivity index (χ2v) is 6.28. The Hall–Kier alpha value is -1.56. The van der Waals surface area contributed by atoms with Crippen LogP contribution >= 0.6 is 0 Å². The largest absolute Gasteiger partial charge is 0.0617 e. The zero-order valence-electron chi connectivity index (χ0n) is 14.0. The zero-order valence-corrected chi connectivity index (χ0v) is 14.0. The Morgan fingerprint density at radius 2 is 1.00 bits per heavy atom. The van der Waals surface area contributed by atoms with Crippen LogP contribution in [0, 0.1) is 27.7 Å². The maximum Gasteiger partial charge on any atom is -0.0276 e. The van der Waals surface area contributed by atoms with Crippen LogP contribution in [0.1, 0.15) is 52.6 Å². The van der Waals surface area contributed by atoms with Crippen LogP contribution in [-0.4, -0.2) is 0 Å². The van der Waals surface area contributed by atoms with Gasteiger partial charge in [0.25, 0.3) is 0 Å². The Morgan fingerprint density at radius 1 is 0.571 bits per heavy atom. The van der Waals surface area contributed by atoms with Gasteiger partial charge >= 0.3 is 0 Å². The first-order valence-electron chi connectivity index (χ1n) is 8.20. The molecule has 0 amide bonds. The van der Waals surface area contributed by atoms with Crippen LogP contribution in [0.4, 0.5) is 0 Å². The summed E-state index contributed by atoms with van der Waals surface area (Å²) in [6.45, 7) is 8.92. The van der Waals surface area contributed by atoms with Crippen molar-refractivity contribution in [3.05, 3.63) is 69.8 Å². The molecule has 2 rings (SSSR count). The lowest BCUT2D eigenvalue weighted by Gasteiger charge is -2.10. The highest BCUT2D eigenvalue weighted by Crippen LogP contribution is 2.18. The van der Waals surface area contributed by atoms with Crippen molar-refractivity contribution >= 4 is 0 Å². The third-order valence-corrected chi connectivity index (χ3v) is 4.83. The quantitative estimate of drug-likeness (QED) is 0.580. The van der Waals surface area contributed by atoms with Crippen molar-refractivity contribution in [1.82, 2.24) is 0 Å². The summed E-state index contributed by atoms with van der Waals surface area (Å²) in [6.07, 6.45) is 6.37. The summed E-state index contributed by atoms with van der Waals surface area (Å²) in [5.41, 5.74) is 8.85. The SMILES string of the molecule is Cc1cccc(CCCCCc2cccc(C)c2C)c1C. The number of rotatable bonds is 6. The fourth-order valence-corrected chi connectivity index (χ4v) is 2.97. The first-order chi connectivity index (χ1) is 10.1. The van der Waals surface area contributed by atoms with E-state index in [9.17, 15) is 0 Å². The van der Waals surface area contributed by atoms with Crippen molar-refractivity contribution in [3.8, 4) is 0 Å². The molecule has 0 unspecified atom stereocenters. The summed E-state index contributed by atoms with van der Waals surface area (Å²) in [5.74, 6) is 0. The van der Waals surface area contributed by atoms with E-state index in [1.807, 2.05) is 0 Å². The van der Waals surface area contributed by atoms with Gasteiger partial charge < -0.3 is 0 Å². The van der Waals surface area contributed by atoms with Gasteiger partial charge in [-0.05, 0) is 86.8 Å². The Balaban J connectivity index is 1.78. The standard InChI is InChI=1S/C21H28/c1-16-10-8-14-20(18(16)3)12-6-5-7-13-21-15-9-11-17(2)19(21)4/h8-11,14-15H,5-7,12-13H2,1-4H3. The lowest BCUT2D eigenvalue weighted by molar-refractivity contribution is 0.675. The Labute approximate surface area is 130 Å². The molecule has 2 aromatic rings. The lowest BCUT2D eigenvalue weighted by atomic mass is 9.96. The molecule has 0 bridgehead atoms. The molecule has 0 fully saturated rings. The maximum absolute atomic E-state index is 2.28. The van der Waals surface area contributed by atoms with E-state index in [1.54, 1.807) is 0 Å². The highest BCUT2D eigenvalue weighted by Gasteiger charge is 2.02. The zero-order chi connectivity index (χ0) is 15.2. The van der Waals surface area contributed by atoms with Gasteiger partial charge in [0.05, 0.1) is 0 Å². The molecule has 0 spiro atoms. The summed E-state index contributed by atoms with van der Waals surface area (Å²) in [5, 5.41) is 0. The van der Waals surface area contributed by atoms with Gasteiger partial charge in [-0.1, -0.05) is 42.8 Å². The highest BCUT2D eigenvalue weighted by molar-refractivity contribution is 5.34. The van der Waals surface area contributed by atoms with Gasteiger partial charge in [-0.3, -0.25) is 0 Å². The summed E-state index contributed by atoms with van der Waals surface area (Å²) < 4.78 is 0. The topological polar surface area (TPSA) is 0 Å². The lowest BCUT2D eigenvalue weighted by Crippen LogP contribution is -1.95. The minimum atomic E-state index is 1.22. The first kappa shape index (κ1) is 15.8. The number of hydrogen-bond donors (Lipinski definition) is 0. The molecular weight excluding hydrogens is 252 g/mol. The van der Waals surface area contributed by atoms with E-state index in [4.69, 9.17) is 0 Å². The normalized spacial score (nSPS) is 10.9. The third kappa shape index (κ3) is 4.20. The average molecular weight is 280 g/mol. The molecule has 0 heterocycles. The summed E-state index contributed by atoms with van der Waals surface area (Å²) >= 11 is 0. The molecule has 0 aliphatic carbocycles. The predicted octanol–water partition coefficient (Wildman–Crippen LogP) is 5.88. The van der Waals surface area contributed by atoms with Gasteiger partial charge in [0.1, 0.15) is 0 Å². The van der Waals surface area contributed by atoms with Crippen LogP contribution < -0.4 is 0 Å². The smallest absolute Gasteiger partial charge is 0.0276 e. The summed E-state index contributed by atoms with van der Waals surface area (Å²) in [4.78, 5) is 0. The second-order valence-electron chi connectivity index (χ2n) is 6.28. The molecule has 0 aromatic heterocycles. The van der Waals surface area contributed by atoms with Crippen LogP contribution in [0.3, 0.4) is 0 Å². The molecular formula is C21H28. The highest BCUT2D eigenvalue weighted by atomic mass is 14.1. The van der Waals surface area contributed by atoms with Crippen molar-refractivity contribution in [2.45, 2.75) is 59.8 Å². The predicted molar refractivity (Wildman–Crippen MR) is 93.1 cm³/mol. The molecule has 21 heavy (non-hydrogen) atoms. The van der Waals surface area contributed by atoms with Crippen molar-refractivity contribution in [1.29, 1.82) is 0 Å². The van der Waals surface area contributed by atoms with Gasteiger partial charge in [-0.15, -0.1) is 0 Å². The number of aryl methyl sites for hydroxylation is 4. The van der Waals surface area contributed by atoms with Gasteiger partial charge in [0, 0.05) is 0 Å². The van der Waals surface area contributed by atoms with Crippen molar-refractivity contribution in [3.63, 3.8) is 0 Å². The number of unbranched alkanes of at least 4 members (excludes halogenated alkanes) is 2. The average Bonchev–Trinajstić information content (AvgIpc) is 2.47. The molecule has 2 aromatic carbocycles. The Morgan fingerprint density at radius 3 is 1.43 bits per heavy atom. The fourth-order valence-electron chi connectivity index (χ4n) is 2.97. The van der Waals surface area contributed by atoms with E-state index in [0.29, 0.717) is 0 Å². The van der Waals surface area contributed by atoms with Gasteiger partial charge in [-0.2, -0.15) is 0 Å². The fraction of sp³-hybridized carbons (Fsp3) is 0.429. The van der Waals surface area contributed by atoms with Crippen molar-refractivity contribution in [2.75, 3.05) is 0 Å². The van der Waals surface area contributed by atoms with Crippen LogP contribution in [0.25, 0.3) is 0 Å². The monoisotopic (exact) mass is 280 g/mol. The molecule has 112 valence electrons. The van der Waals surface area contributed by atoms with Crippen molar-refractivity contribution in [2.24, 2.45) is 0 Å². The van der Waals surface area contributed by atoms with E-state index in [2.05, 4.69) is 64.1 Å². The van der Waals surface area contributed by atoms with Gasteiger partial charge in [0.2, 0.25) is 0 Å². The minimum absolute atomic E-state index is 1.22. The van der Waals surface area contributed by atoms with Gasteiger partial charge in [0.15, 0.2) is 0 Å². The third-order valence-electron chi connectivity index (χ3n) is 4.83. The summed E-state index contributed by atoms with van der Waals surface area (Å²) in [7, 11) is 0. The van der Waals surface area contributed by atoms with Crippen LogP contribution in [0.5, 0.6) is 0 Å². The van der Waals surface area contributed by atoms with Crippen molar-refractivity contribution < 1.29 is 0 Å². The number of hydrogen-bond acceptors (Lipinski definition) is 0. The van der Waals surface area contributed by atoms with Gasteiger partial charge in [-0.25, -0.2) is 0 Å². The second kappa shape index (κ2) is 7.45. The minimum Gasteiger partial charge on any atom is -0.0617 e. The maximum atomic E-state index is 2.28. The molecule has 0 nitrogen and oxygen atoms in total. The molecule has 0 N–H and O–H groups in total. The van der Waals surface area contributed by atoms with E-state index < -0.39 is 0 Å².